The highest BCUT2D eigenvalue weighted by Gasteiger charge is 2.39. The van der Waals surface area contributed by atoms with Gasteiger partial charge in [-0.2, -0.15) is 4.31 Å². The summed E-state index contributed by atoms with van der Waals surface area (Å²) in [6, 6.07) is -0.0496. The number of nitrogens with zero attached hydrogens (tertiary/aromatic N) is 2. The molecule has 0 spiro atoms. The van der Waals surface area contributed by atoms with Crippen molar-refractivity contribution in [3.05, 3.63) is 24.7 Å². The van der Waals surface area contributed by atoms with Crippen molar-refractivity contribution in [3.63, 3.8) is 0 Å². The van der Waals surface area contributed by atoms with Gasteiger partial charge in [-0.15, -0.1) is 0 Å². The van der Waals surface area contributed by atoms with E-state index in [1.807, 2.05) is 13.8 Å². The largest absolute Gasteiger partial charge is 0.335 e. The van der Waals surface area contributed by atoms with E-state index in [1.54, 1.807) is 4.31 Å². The lowest BCUT2D eigenvalue weighted by Gasteiger charge is -2.30. The van der Waals surface area contributed by atoms with Crippen molar-refractivity contribution >= 4 is 10.0 Å². The maximum absolute atomic E-state index is 12.7. The molecular formula is C14H21N3O2S. The number of rotatable bonds is 5. The molecule has 1 saturated carbocycles. The summed E-state index contributed by atoms with van der Waals surface area (Å²) in [7, 11) is -3.47. The number of aromatic nitrogens is 2. The molecule has 0 radical (unpaired) electrons. The lowest BCUT2D eigenvalue weighted by Crippen LogP contribution is -2.41. The first-order valence-corrected chi connectivity index (χ1v) is 8.61. The summed E-state index contributed by atoms with van der Waals surface area (Å²) in [6.45, 7) is 4.46. The highest BCUT2D eigenvalue weighted by atomic mass is 32.2. The van der Waals surface area contributed by atoms with Crippen molar-refractivity contribution in [2.75, 3.05) is 6.54 Å². The minimum atomic E-state index is -3.47. The molecule has 1 N–H and O–H groups in total. The third kappa shape index (κ3) is 2.31. The van der Waals surface area contributed by atoms with Crippen molar-refractivity contribution in [2.24, 2.45) is 17.8 Å². The second-order valence-electron chi connectivity index (χ2n) is 6.12. The SMILES string of the molecule is CC(C)N(C[C@@H]1C[C@H]2C=C[C@H]1C2)S(=O)(=O)c1cnc[nH]1. The minimum absolute atomic E-state index is 0.0496. The Morgan fingerprint density at radius 1 is 1.40 bits per heavy atom. The maximum atomic E-state index is 12.7. The molecule has 2 bridgehead atoms. The quantitative estimate of drug-likeness (QED) is 0.845. The fraction of sp³-hybridized carbons (Fsp3) is 0.643. The van der Waals surface area contributed by atoms with Gasteiger partial charge in [-0.05, 0) is 44.4 Å². The Balaban J connectivity index is 1.81. The van der Waals surface area contributed by atoms with E-state index in [0.29, 0.717) is 24.3 Å². The minimum Gasteiger partial charge on any atom is -0.335 e. The Labute approximate surface area is 120 Å². The Hall–Kier alpha value is -1.14. The molecule has 3 rings (SSSR count). The summed E-state index contributed by atoms with van der Waals surface area (Å²) in [5.74, 6) is 1.66. The van der Waals surface area contributed by atoms with E-state index in [1.165, 1.54) is 18.9 Å². The van der Waals surface area contributed by atoms with Crippen molar-refractivity contribution < 1.29 is 8.42 Å². The molecule has 1 aromatic heterocycles. The number of imidazole rings is 1. The van der Waals surface area contributed by atoms with Gasteiger partial charge in [0, 0.05) is 12.6 Å². The standard InChI is InChI=1S/C14H21N3O2S/c1-10(2)17(20(18,19)14-7-15-9-16-14)8-13-6-11-3-4-12(13)5-11/h3-4,7,9-13H,5-6,8H2,1-2H3,(H,15,16)/t11-,12-,13-/m0/s1. The molecule has 1 fully saturated rings. The predicted molar refractivity (Wildman–Crippen MR) is 76.5 cm³/mol. The highest BCUT2D eigenvalue weighted by molar-refractivity contribution is 7.89. The lowest BCUT2D eigenvalue weighted by molar-refractivity contribution is 0.276. The van der Waals surface area contributed by atoms with Crippen LogP contribution in [0.3, 0.4) is 0 Å². The average molecular weight is 295 g/mol. The van der Waals surface area contributed by atoms with E-state index < -0.39 is 10.0 Å². The fourth-order valence-electron chi connectivity index (χ4n) is 3.43. The zero-order valence-electron chi connectivity index (χ0n) is 11.9. The second kappa shape index (κ2) is 5.00. The van der Waals surface area contributed by atoms with Crippen LogP contribution >= 0.6 is 0 Å². The first-order valence-electron chi connectivity index (χ1n) is 7.17. The summed E-state index contributed by atoms with van der Waals surface area (Å²) >= 11 is 0. The molecule has 3 atom stereocenters. The molecule has 0 unspecified atom stereocenters. The van der Waals surface area contributed by atoms with Gasteiger partial charge in [0.25, 0.3) is 10.0 Å². The highest BCUT2D eigenvalue weighted by Crippen LogP contribution is 2.44. The van der Waals surface area contributed by atoms with Crippen LogP contribution < -0.4 is 0 Å². The average Bonchev–Trinajstić information content (AvgIpc) is 3.11. The topological polar surface area (TPSA) is 66.1 Å². The number of hydrogen-bond donors (Lipinski definition) is 1. The molecule has 1 heterocycles. The van der Waals surface area contributed by atoms with Gasteiger partial charge in [-0.1, -0.05) is 12.2 Å². The van der Waals surface area contributed by atoms with Gasteiger partial charge in [-0.3, -0.25) is 0 Å². The zero-order valence-corrected chi connectivity index (χ0v) is 12.7. The third-order valence-corrected chi connectivity index (χ3v) is 6.43. The van der Waals surface area contributed by atoms with Crippen LogP contribution in [0.1, 0.15) is 26.7 Å². The first-order chi connectivity index (χ1) is 9.48. The summed E-state index contributed by atoms with van der Waals surface area (Å²) in [4.78, 5) is 6.54. The van der Waals surface area contributed by atoms with Crippen LogP contribution in [0.5, 0.6) is 0 Å². The normalized spacial score (nSPS) is 28.9. The molecule has 5 nitrogen and oxygen atoms in total. The molecule has 1 aromatic rings. The van der Waals surface area contributed by atoms with E-state index in [-0.39, 0.29) is 11.1 Å². The second-order valence-corrected chi connectivity index (χ2v) is 7.98. The van der Waals surface area contributed by atoms with E-state index >= 15 is 0 Å². The molecular weight excluding hydrogens is 274 g/mol. The lowest BCUT2D eigenvalue weighted by atomic mass is 9.93. The van der Waals surface area contributed by atoms with Gasteiger partial charge in [0.1, 0.15) is 0 Å². The van der Waals surface area contributed by atoms with Crippen molar-refractivity contribution in [2.45, 2.75) is 37.8 Å². The van der Waals surface area contributed by atoms with Gasteiger partial charge >= 0.3 is 0 Å². The van der Waals surface area contributed by atoms with Gasteiger partial charge in [0.05, 0.1) is 12.5 Å². The number of nitrogens with one attached hydrogen (secondary N) is 1. The number of hydrogen-bond acceptors (Lipinski definition) is 3. The molecule has 2 aliphatic carbocycles. The van der Waals surface area contributed by atoms with E-state index in [2.05, 4.69) is 22.1 Å². The fourth-order valence-corrected chi connectivity index (χ4v) is 5.02. The van der Waals surface area contributed by atoms with Gasteiger partial charge in [0.15, 0.2) is 5.03 Å². The van der Waals surface area contributed by atoms with Crippen LogP contribution in [-0.4, -0.2) is 35.3 Å². The predicted octanol–water partition coefficient (Wildman–Crippen LogP) is 2.02. The van der Waals surface area contributed by atoms with Crippen molar-refractivity contribution in [1.82, 2.24) is 14.3 Å². The molecule has 0 aromatic carbocycles. The van der Waals surface area contributed by atoms with Crippen LogP contribution in [0.4, 0.5) is 0 Å². The van der Waals surface area contributed by atoms with E-state index in [0.717, 1.165) is 6.42 Å². The van der Waals surface area contributed by atoms with Gasteiger partial charge in [-0.25, -0.2) is 13.4 Å². The number of fused-ring (bicyclic) bond motifs is 2. The van der Waals surface area contributed by atoms with E-state index in [9.17, 15) is 8.42 Å². The van der Waals surface area contributed by atoms with Gasteiger partial charge in [0.2, 0.25) is 0 Å². The zero-order chi connectivity index (χ0) is 14.3. The number of aromatic amines is 1. The van der Waals surface area contributed by atoms with E-state index in [4.69, 9.17) is 0 Å². The third-order valence-electron chi connectivity index (χ3n) is 4.47. The Morgan fingerprint density at radius 2 is 2.20 bits per heavy atom. The summed E-state index contributed by atoms with van der Waals surface area (Å²) in [6.07, 6.45) is 9.64. The monoisotopic (exact) mass is 295 g/mol. The molecule has 110 valence electrons. The smallest absolute Gasteiger partial charge is 0.260 e. The Morgan fingerprint density at radius 3 is 2.70 bits per heavy atom. The summed E-state index contributed by atoms with van der Waals surface area (Å²) in [5, 5.41) is 0.185. The van der Waals surface area contributed by atoms with Gasteiger partial charge < -0.3 is 4.98 Å². The first kappa shape index (κ1) is 13.8. The van der Waals surface area contributed by atoms with Crippen LogP contribution in [0.15, 0.2) is 29.7 Å². The molecule has 20 heavy (non-hydrogen) atoms. The van der Waals surface area contributed by atoms with Crippen LogP contribution in [0, 0.1) is 17.8 Å². The van der Waals surface area contributed by atoms with Crippen LogP contribution in [-0.2, 0) is 10.0 Å². The Bertz CT molecular complexity index is 592. The Kier molecular flexibility index (Phi) is 3.46. The number of allylic oxidation sites excluding steroid dienone is 2. The molecule has 6 heteroatoms. The molecule has 0 aliphatic heterocycles. The van der Waals surface area contributed by atoms with Crippen LogP contribution in [0.2, 0.25) is 0 Å². The summed E-state index contributed by atoms with van der Waals surface area (Å²) in [5.41, 5.74) is 0. The molecule has 0 saturated heterocycles. The maximum Gasteiger partial charge on any atom is 0.260 e. The number of H-pyrrole nitrogens is 1. The summed E-state index contributed by atoms with van der Waals surface area (Å²) < 4.78 is 26.9. The molecule has 0 amide bonds. The number of sulfonamides is 1. The van der Waals surface area contributed by atoms with Crippen molar-refractivity contribution in [1.29, 1.82) is 0 Å². The van der Waals surface area contributed by atoms with Crippen LogP contribution in [0.25, 0.3) is 0 Å². The molecule has 2 aliphatic rings. The van der Waals surface area contributed by atoms with Crippen molar-refractivity contribution in [3.8, 4) is 0 Å².